The number of halogens is 2. The van der Waals surface area contributed by atoms with Gasteiger partial charge in [0.15, 0.2) is 12.4 Å². The second-order valence-electron chi connectivity index (χ2n) is 8.05. The van der Waals surface area contributed by atoms with Gasteiger partial charge in [-0.25, -0.2) is 4.68 Å². The van der Waals surface area contributed by atoms with Gasteiger partial charge in [-0.3, -0.25) is 9.69 Å². The van der Waals surface area contributed by atoms with Crippen molar-refractivity contribution in [1.82, 2.24) is 19.6 Å². The molecule has 0 bridgehead atoms. The van der Waals surface area contributed by atoms with E-state index in [-0.39, 0.29) is 12.6 Å². The van der Waals surface area contributed by atoms with Gasteiger partial charge in [-0.05, 0) is 49.2 Å². The molecule has 0 atom stereocenters. The lowest BCUT2D eigenvalue weighted by molar-refractivity contribution is 0.0621. The highest BCUT2D eigenvalue weighted by Gasteiger charge is 2.24. The van der Waals surface area contributed by atoms with Crippen LogP contribution in [0.15, 0.2) is 48.7 Å². The Morgan fingerprint density at radius 2 is 1.75 bits per heavy atom. The van der Waals surface area contributed by atoms with E-state index in [1.165, 1.54) is 0 Å². The third kappa shape index (κ3) is 5.26. The fourth-order valence-corrected chi connectivity index (χ4v) is 4.24. The summed E-state index contributed by atoms with van der Waals surface area (Å²) in [4.78, 5) is 17.0. The molecule has 1 aliphatic rings. The zero-order chi connectivity index (χ0) is 22.7. The van der Waals surface area contributed by atoms with Crippen LogP contribution in [-0.2, 0) is 13.3 Å². The summed E-state index contributed by atoms with van der Waals surface area (Å²) in [5.74, 6) is 0.758. The molecule has 168 valence electrons. The van der Waals surface area contributed by atoms with Gasteiger partial charge in [0, 0.05) is 54.5 Å². The van der Waals surface area contributed by atoms with Crippen molar-refractivity contribution in [2.24, 2.45) is 0 Å². The van der Waals surface area contributed by atoms with E-state index in [4.69, 9.17) is 27.9 Å². The molecule has 1 amide bonds. The number of ether oxygens (including phenoxy) is 1. The summed E-state index contributed by atoms with van der Waals surface area (Å²) in [7, 11) is 0. The topological polar surface area (TPSA) is 50.6 Å². The number of aromatic nitrogens is 2. The number of carbonyl (C=O) groups excluding carboxylic acids is 1. The number of nitrogens with zero attached hydrogens (tertiary/aromatic N) is 4. The third-order valence-electron chi connectivity index (χ3n) is 5.66. The third-order valence-corrected chi connectivity index (χ3v) is 6.37. The molecule has 2 aromatic carbocycles. The van der Waals surface area contributed by atoms with Crippen molar-refractivity contribution in [1.29, 1.82) is 0 Å². The van der Waals surface area contributed by atoms with E-state index < -0.39 is 0 Å². The van der Waals surface area contributed by atoms with Crippen molar-refractivity contribution in [3.63, 3.8) is 0 Å². The Bertz CT molecular complexity index is 1090. The van der Waals surface area contributed by atoms with Gasteiger partial charge in [0.25, 0.3) is 5.91 Å². The van der Waals surface area contributed by atoms with Crippen molar-refractivity contribution in [3.05, 3.63) is 81.1 Å². The predicted octanol–water partition coefficient (Wildman–Crippen LogP) is 4.80. The Morgan fingerprint density at radius 1 is 1.03 bits per heavy atom. The molecule has 6 nitrogen and oxygen atoms in total. The quantitative estimate of drug-likeness (QED) is 0.516. The number of hydrogen-bond acceptors (Lipinski definition) is 4. The van der Waals surface area contributed by atoms with Gasteiger partial charge in [0.05, 0.1) is 0 Å². The summed E-state index contributed by atoms with van der Waals surface area (Å²) in [6, 6.07) is 13.4. The standard InChI is InChI=1S/C24H26Cl2N4O2/c1-17-6-7-18(2)23(14-17)32-16-30-9-8-22(27-30)24(31)29-12-10-28(11-13-29)15-19-20(25)4-3-5-21(19)26/h3-9,14H,10-13,15-16H2,1-2H3. The van der Waals surface area contributed by atoms with Gasteiger partial charge in [0.1, 0.15) is 5.75 Å². The van der Waals surface area contributed by atoms with Crippen LogP contribution in [0.4, 0.5) is 0 Å². The molecule has 1 aromatic heterocycles. The first kappa shape index (κ1) is 22.6. The average molecular weight is 473 g/mol. The van der Waals surface area contributed by atoms with E-state index >= 15 is 0 Å². The SMILES string of the molecule is Cc1ccc(C)c(OCn2ccc(C(=O)N3CCN(Cc4c(Cl)cccc4Cl)CC3)n2)c1. The Morgan fingerprint density at radius 3 is 2.47 bits per heavy atom. The van der Waals surface area contributed by atoms with Crippen molar-refractivity contribution in [2.45, 2.75) is 27.1 Å². The molecule has 0 radical (unpaired) electrons. The number of carbonyl (C=O) groups is 1. The minimum atomic E-state index is -0.0640. The molecule has 32 heavy (non-hydrogen) atoms. The smallest absolute Gasteiger partial charge is 0.274 e. The maximum atomic E-state index is 12.9. The first-order valence-electron chi connectivity index (χ1n) is 10.6. The fourth-order valence-electron chi connectivity index (χ4n) is 3.72. The average Bonchev–Trinajstić information content (AvgIpc) is 3.26. The van der Waals surface area contributed by atoms with E-state index in [2.05, 4.69) is 16.1 Å². The van der Waals surface area contributed by atoms with Crippen LogP contribution in [0.3, 0.4) is 0 Å². The van der Waals surface area contributed by atoms with Gasteiger partial charge in [-0.2, -0.15) is 5.10 Å². The van der Waals surface area contributed by atoms with E-state index in [1.807, 2.05) is 49.1 Å². The second kappa shape index (κ2) is 9.94. The summed E-state index contributed by atoms with van der Waals surface area (Å²) in [5.41, 5.74) is 3.56. The zero-order valence-corrected chi connectivity index (χ0v) is 19.7. The molecular formula is C24H26Cl2N4O2. The molecule has 8 heteroatoms. The van der Waals surface area contributed by atoms with Crippen molar-refractivity contribution >= 4 is 29.1 Å². The molecule has 3 aromatic rings. The van der Waals surface area contributed by atoms with Gasteiger partial charge >= 0.3 is 0 Å². The number of rotatable bonds is 6. The summed E-state index contributed by atoms with van der Waals surface area (Å²) >= 11 is 12.6. The molecule has 1 saturated heterocycles. The number of piperazine rings is 1. The first-order chi connectivity index (χ1) is 15.4. The molecule has 0 unspecified atom stereocenters. The Kier molecular flexibility index (Phi) is 7.04. The Balaban J connectivity index is 1.31. The maximum absolute atomic E-state index is 12.9. The Labute approximate surface area is 198 Å². The molecule has 4 rings (SSSR count). The summed E-state index contributed by atoms with van der Waals surface area (Å²) in [5, 5.41) is 5.76. The van der Waals surface area contributed by atoms with Gasteiger partial charge in [0.2, 0.25) is 0 Å². The van der Waals surface area contributed by atoms with Crippen LogP contribution < -0.4 is 4.74 Å². The van der Waals surface area contributed by atoms with Crippen molar-refractivity contribution in [2.75, 3.05) is 26.2 Å². The zero-order valence-electron chi connectivity index (χ0n) is 18.2. The molecule has 0 N–H and O–H groups in total. The molecule has 0 aliphatic carbocycles. The summed E-state index contributed by atoms with van der Waals surface area (Å²) < 4.78 is 7.52. The first-order valence-corrected chi connectivity index (χ1v) is 11.3. The van der Waals surface area contributed by atoms with Crippen LogP contribution in [-0.4, -0.2) is 51.7 Å². The van der Waals surface area contributed by atoms with Crippen LogP contribution >= 0.6 is 23.2 Å². The second-order valence-corrected chi connectivity index (χ2v) is 8.87. The van der Waals surface area contributed by atoms with E-state index in [0.29, 0.717) is 35.4 Å². The highest BCUT2D eigenvalue weighted by molar-refractivity contribution is 6.35. The van der Waals surface area contributed by atoms with Crippen molar-refractivity contribution < 1.29 is 9.53 Å². The molecule has 2 heterocycles. The largest absolute Gasteiger partial charge is 0.471 e. The summed E-state index contributed by atoms with van der Waals surface area (Å²) in [6.07, 6.45) is 1.77. The number of aryl methyl sites for hydroxylation is 2. The van der Waals surface area contributed by atoms with Gasteiger partial charge in [-0.15, -0.1) is 0 Å². The minimum absolute atomic E-state index is 0.0640. The summed E-state index contributed by atoms with van der Waals surface area (Å²) in [6.45, 7) is 7.73. The van der Waals surface area contributed by atoms with E-state index in [1.54, 1.807) is 16.9 Å². The highest BCUT2D eigenvalue weighted by Crippen LogP contribution is 2.26. The van der Waals surface area contributed by atoms with E-state index in [9.17, 15) is 4.79 Å². The normalized spacial score (nSPS) is 14.6. The minimum Gasteiger partial charge on any atom is -0.471 e. The fraction of sp³-hybridized carbons (Fsp3) is 0.333. The van der Waals surface area contributed by atoms with Crippen LogP contribution in [0, 0.1) is 13.8 Å². The number of amides is 1. The van der Waals surface area contributed by atoms with Crippen molar-refractivity contribution in [3.8, 4) is 5.75 Å². The van der Waals surface area contributed by atoms with Crippen LogP contribution in [0.2, 0.25) is 10.0 Å². The number of benzene rings is 2. The Hall–Kier alpha value is -2.54. The van der Waals surface area contributed by atoms with Crippen LogP contribution in [0.1, 0.15) is 27.2 Å². The molecule has 0 spiro atoms. The van der Waals surface area contributed by atoms with Crippen LogP contribution in [0.5, 0.6) is 5.75 Å². The van der Waals surface area contributed by atoms with Gasteiger partial charge < -0.3 is 9.64 Å². The lowest BCUT2D eigenvalue weighted by atomic mass is 10.1. The predicted molar refractivity (Wildman–Crippen MR) is 126 cm³/mol. The number of hydrogen-bond donors (Lipinski definition) is 0. The molecule has 1 aliphatic heterocycles. The molecular weight excluding hydrogens is 447 g/mol. The lowest BCUT2D eigenvalue weighted by Crippen LogP contribution is -2.48. The lowest BCUT2D eigenvalue weighted by Gasteiger charge is -2.34. The maximum Gasteiger partial charge on any atom is 0.274 e. The highest BCUT2D eigenvalue weighted by atomic mass is 35.5. The monoisotopic (exact) mass is 472 g/mol. The van der Waals surface area contributed by atoms with E-state index in [0.717, 1.165) is 35.5 Å². The molecule has 1 fully saturated rings. The molecule has 0 saturated carbocycles. The van der Waals surface area contributed by atoms with Gasteiger partial charge in [-0.1, -0.05) is 41.4 Å². The van der Waals surface area contributed by atoms with Crippen LogP contribution in [0.25, 0.3) is 0 Å².